The molecule has 4 rings (SSSR count). The van der Waals surface area contributed by atoms with Gasteiger partial charge in [0.1, 0.15) is 11.6 Å². The van der Waals surface area contributed by atoms with Crippen LogP contribution in [0, 0.1) is 6.92 Å². The maximum Gasteiger partial charge on any atom is 0.263 e. The Morgan fingerprint density at radius 3 is 2.69 bits per heavy atom. The van der Waals surface area contributed by atoms with Crippen molar-refractivity contribution in [2.45, 2.75) is 18.4 Å². The molecule has 9 heteroatoms. The molecule has 0 fully saturated rings. The van der Waals surface area contributed by atoms with Gasteiger partial charge in [0, 0.05) is 21.4 Å². The van der Waals surface area contributed by atoms with Gasteiger partial charge < -0.3 is 10.1 Å². The number of benzene rings is 2. The van der Waals surface area contributed by atoms with E-state index in [4.69, 9.17) is 27.9 Å². The molecule has 6 nitrogen and oxygen atoms in total. The lowest BCUT2D eigenvalue weighted by molar-refractivity contribution is -0.118. The van der Waals surface area contributed by atoms with Gasteiger partial charge in [-0.15, -0.1) is 0 Å². The first-order chi connectivity index (χ1) is 13.9. The number of hydrogen-bond donors (Lipinski definition) is 1. The molecule has 150 valence electrons. The molecule has 0 bridgehead atoms. The Balaban J connectivity index is 1.56. The van der Waals surface area contributed by atoms with Crippen LogP contribution in [0.4, 0.5) is 5.82 Å². The number of carbonyl (C=O) groups is 1. The van der Waals surface area contributed by atoms with Gasteiger partial charge in [-0.05, 0) is 37.3 Å². The summed E-state index contributed by atoms with van der Waals surface area (Å²) in [6, 6.07) is 12.6. The van der Waals surface area contributed by atoms with Crippen LogP contribution < -0.4 is 10.1 Å². The summed E-state index contributed by atoms with van der Waals surface area (Å²) in [6.45, 7) is 1.76. The predicted molar refractivity (Wildman–Crippen MR) is 114 cm³/mol. The summed E-state index contributed by atoms with van der Waals surface area (Å²) < 4.78 is 19.2. The highest BCUT2D eigenvalue weighted by Gasteiger charge is 2.28. The van der Waals surface area contributed by atoms with E-state index in [1.54, 1.807) is 22.9 Å². The Morgan fingerprint density at radius 2 is 1.97 bits per heavy atom. The number of ether oxygens (including phenoxy) is 1. The standard InChI is InChI=1S/C20H17Cl2N3O3S/c1-12-2-5-14(6-3-12)25-20(15-10-29(27)11-17(15)24-25)23-19(26)9-28-18-7-4-13(21)8-16(18)22/h2-8H,9-11H2,1H3,(H,23,26)/t29-/m1/s1. The molecule has 1 aliphatic rings. The molecule has 0 aliphatic carbocycles. The summed E-state index contributed by atoms with van der Waals surface area (Å²) >= 11 is 11.9. The molecule has 1 amide bonds. The normalized spacial score (nSPS) is 15.2. The third kappa shape index (κ3) is 4.32. The zero-order valence-electron chi connectivity index (χ0n) is 15.4. The predicted octanol–water partition coefficient (Wildman–Crippen LogP) is 4.27. The second kappa shape index (κ2) is 8.18. The number of aryl methyl sites for hydroxylation is 1. The minimum absolute atomic E-state index is 0.238. The van der Waals surface area contributed by atoms with Crippen LogP contribution in [-0.4, -0.2) is 26.5 Å². The highest BCUT2D eigenvalue weighted by molar-refractivity contribution is 7.83. The fraction of sp³-hybridized carbons (Fsp3) is 0.200. The first kappa shape index (κ1) is 19.9. The average Bonchev–Trinajstić information content (AvgIpc) is 3.19. The SMILES string of the molecule is Cc1ccc(-n2nc3c(c2NC(=O)COc2ccc(Cl)cc2Cl)C[S@@](=O)C3)cc1. The van der Waals surface area contributed by atoms with Crippen LogP contribution >= 0.6 is 23.2 Å². The van der Waals surface area contributed by atoms with Crippen LogP contribution in [0.25, 0.3) is 5.69 Å². The smallest absolute Gasteiger partial charge is 0.263 e. The van der Waals surface area contributed by atoms with Gasteiger partial charge in [0.2, 0.25) is 0 Å². The quantitative estimate of drug-likeness (QED) is 0.630. The van der Waals surface area contributed by atoms with E-state index in [1.165, 1.54) is 0 Å². The number of amides is 1. The van der Waals surface area contributed by atoms with E-state index < -0.39 is 10.8 Å². The third-order valence-corrected chi connectivity index (χ3v) is 6.20. The molecule has 2 heterocycles. The second-order valence-corrected chi connectivity index (χ2v) is 8.96. The highest BCUT2D eigenvalue weighted by Crippen LogP contribution is 2.32. The Kier molecular flexibility index (Phi) is 5.63. The lowest BCUT2D eigenvalue weighted by Crippen LogP contribution is -2.22. The van der Waals surface area contributed by atoms with E-state index in [0.717, 1.165) is 22.5 Å². The zero-order chi connectivity index (χ0) is 20.5. The molecular weight excluding hydrogens is 433 g/mol. The summed E-state index contributed by atoms with van der Waals surface area (Å²) in [4.78, 5) is 12.6. The molecule has 0 radical (unpaired) electrons. The number of rotatable bonds is 5. The first-order valence-corrected chi connectivity index (χ1v) is 11.1. The first-order valence-electron chi connectivity index (χ1n) is 8.81. The Morgan fingerprint density at radius 1 is 1.21 bits per heavy atom. The van der Waals surface area contributed by atoms with E-state index in [1.807, 2.05) is 31.2 Å². The fourth-order valence-corrected chi connectivity index (χ4v) is 4.76. The van der Waals surface area contributed by atoms with Crippen LogP contribution in [-0.2, 0) is 27.1 Å². The molecule has 3 aromatic rings. The minimum atomic E-state index is -1.01. The van der Waals surface area contributed by atoms with Crippen molar-refractivity contribution in [1.82, 2.24) is 9.78 Å². The van der Waals surface area contributed by atoms with Gasteiger partial charge >= 0.3 is 0 Å². The van der Waals surface area contributed by atoms with Gasteiger partial charge in [-0.1, -0.05) is 40.9 Å². The average molecular weight is 450 g/mol. The molecule has 0 saturated heterocycles. The van der Waals surface area contributed by atoms with Crippen molar-refractivity contribution in [3.8, 4) is 11.4 Å². The fourth-order valence-electron chi connectivity index (χ4n) is 3.03. The van der Waals surface area contributed by atoms with Gasteiger partial charge in [0.25, 0.3) is 5.91 Å². The summed E-state index contributed by atoms with van der Waals surface area (Å²) in [5, 5.41) is 8.24. The van der Waals surface area contributed by atoms with E-state index >= 15 is 0 Å². The Hall–Kier alpha value is -2.35. The number of aromatic nitrogens is 2. The highest BCUT2D eigenvalue weighted by atomic mass is 35.5. The zero-order valence-corrected chi connectivity index (χ0v) is 17.8. The number of nitrogens with zero attached hydrogens (tertiary/aromatic N) is 2. The van der Waals surface area contributed by atoms with Crippen LogP contribution in [0.1, 0.15) is 16.8 Å². The van der Waals surface area contributed by atoms with Crippen molar-refractivity contribution in [2.24, 2.45) is 0 Å². The number of nitrogens with one attached hydrogen (secondary N) is 1. The molecule has 1 aromatic heterocycles. The van der Waals surface area contributed by atoms with Gasteiger partial charge in [0.15, 0.2) is 6.61 Å². The van der Waals surface area contributed by atoms with Gasteiger partial charge in [0.05, 0.1) is 27.9 Å². The van der Waals surface area contributed by atoms with Crippen LogP contribution in [0.15, 0.2) is 42.5 Å². The van der Waals surface area contributed by atoms with Crippen molar-refractivity contribution in [3.63, 3.8) is 0 Å². The molecule has 0 unspecified atom stereocenters. The molecule has 1 atom stereocenters. The molecule has 1 aliphatic heterocycles. The monoisotopic (exact) mass is 449 g/mol. The summed E-state index contributed by atoms with van der Waals surface area (Å²) in [6.07, 6.45) is 0. The van der Waals surface area contributed by atoms with Crippen molar-refractivity contribution < 1.29 is 13.7 Å². The van der Waals surface area contributed by atoms with Crippen LogP contribution in [0.2, 0.25) is 10.0 Å². The molecule has 1 N–H and O–H groups in total. The maximum atomic E-state index is 12.6. The largest absolute Gasteiger partial charge is 0.482 e. The van der Waals surface area contributed by atoms with Crippen LogP contribution in [0.3, 0.4) is 0 Å². The van der Waals surface area contributed by atoms with Crippen molar-refractivity contribution >= 4 is 45.7 Å². The van der Waals surface area contributed by atoms with Crippen LogP contribution in [0.5, 0.6) is 5.75 Å². The second-order valence-electron chi connectivity index (χ2n) is 6.66. The topological polar surface area (TPSA) is 73.2 Å². The van der Waals surface area contributed by atoms with E-state index in [-0.39, 0.29) is 12.5 Å². The third-order valence-electron chi connectivity index (χ3n) is 4.46. The molecule has 0 spiro atoms. The van der Waals surface area contributed by atoms with Gasteiger partial charge in [-0.2, -0.15) is 5.10 Å². The Bertz CT molecular complexity index is 1110. The number of halogens is 2. The van der Waals surface area contributed by atoms with Gasteiger partial charge in [-0.3, -0.25) is 9.00 Å². The van der Waals surface area contributed by atoms with Gasteiger partial charge in [-0.25, -0.2) is 4.68 Å². The molecule has 2 aromatic carbocycles. The molecule has 0 saturated carbocycles. The number of carbonyl (C=O) groups excluding carboxylic acids is 1. The van der Waals surface area contributed by atoms with Crippen molar-refractivity contribution in [2.75, 3.05) is 11.9 Å². The lowest BCUT2D eigenvalue weighted by atomic mass is 10.2. The lowest BCUT2D eigenvalue weighted by Gasteiger charge is -2.12. The van der Waals surface area contributed by atoms with E-state index in [9.17, 15) is 9.00 Å². The summed E-state index contributed by atoms with van der Waals surface area (Å²) in [5.41, 5.74) is 3.46. The van der Waals surface area contributed by atoms with Crippen molar-refractivity contribution in [3.05, 3.63) is 69.3 Å². The summed E-state index contributed by atoms with van der Waals surface area (Å²) in [7, 11) is -1.01. The Labute approximate surface area is 180 Å². The minimum Gasteiger partial charge on any atom is -0.482 e. The number of anilines is 1. The summed E-state index contributed by atoms with van der Waals surface area (Å²) in [5.74, 6) is 1.26. The maximum absolute atomic E-state index is 12.6. The number of fused-ring (bicyclic) bond motifs is 1. The molecular formula is C20H17Cl2N3O3S. The number of hydrogen-bond acceptors (Lipinski definition) is 4. The molecule has 29 heavy (non-hydrogen) atoms. The van der Waals surface area contributed by atoms with E-state index in [0.29, 0.717) is 33.1 Å². The van der Waals surface area contributed by atoms with Crippen molar-refractivity contribution in [1.29, 1.82) is 0 Å². The van der Waals surface area contributed by atoms with E-state index in [2.05, 4.69) is 10.4 Å².